The maximum Gasteiger partial charge on any atom is 0.144 e. The average molecular weight is 350 g/mol. The van der Waals surface area contributed by atoms with Gasteiger partial charge in [0.15, 0.2) is 0 Å². The second-order valence-electron chi connectivity index (χ2n) is 4.90. The molecule has 0 radical (unpaired) electrons. The van der Waals surface area contributed by atoms with Crippen molar-refractivity contribution in [3.63, 3.8) is 0 Å². The molecular formula is C13H18BrClN2O2. The second kappa shape index (κ2) is 7.01. The normalized spacial score (nSPS) is 12.5. The van der Waals surface area contributed by atoms with Gasteiger partial charge < -0.3 is 15.7 Å². The molecule has 6 heteroatoms. The Balaban J connectivity index is 2.43. The average Bonchev–Trinajstić information content (AvgIpc) is 2.35. The topological polar surface area (TPSA) is 67.8 Å². The van der Waals surface area contributed by atoms with E-state index < -0.39 is 0 Å². The molecule has 0 unspecified atom stereocenters. The van der Waals surface area contributed by atoms with E-state index in [4.69, 9.17) is 27.3 Å². The van der Waals surface area contributed by atoms with Crippen LogP contribution in [0.4, 0.5) is 0 Å². The van der Waals surface area contributed by atoms with Gasteiger partial charge in [0, 0.05) is 10.4 Å². The van der Waals surface area contributed by atoms with Crippen LogP contribution < -0.4 is 10.5 Å². The highest BCUT2D eigenvalue weighted by Crippen LogP contribution is 2.28. The maximum absolute atomic E-state index is 8.68. The van der Waals surface area contributed by atoms with Crippen LogP contribution in [0.3, 0.4) is 0 Å². The van der Waals surface area contributed by atoms with Crippen molar-refractivity contribution in [1.82, 2.24) is 0 Å². The van der Waals surface area contributed by atoms with Gasteiger partial charge in [0.25, 0.3) is 0 Å². The number of nitrogens with zero attached hydrogens (tertiary/aromatic N) is 1. The summed E-state index contributed by atoms with van der Waals surface area (Å²) in [5, 5.41) is 12.4. The number of benzene rings is 1. The van der Waals surface area contributed by atoms with Gasteiger partial charge in [0.1, 0.15) is 11.6 Å². The number of nitrogens with two attached hydrogens (primary N) is 1. The fraction of sp³-hybridized carbons (Fsp3) is 0.462. The lowest BCUT2D eigenvalue weighted by Crippen LogP contribution is -2.32. The van der Waals surface area contributed by atoms with Gasteiger partial charge in [0.05, 0.1) is 11.1 Å². The van der Waals surface area contributed by atoms with Crippen LogP contribution in [0.5, 0.6) is 5.75 Å². The minimum atomic E-state index is -0.338. The summed E-state index contributed by atoms with van der Waals surface area (Å²) in [7, 11) is 0. The minimum absolute atomic E-state index is 0.236. The Bertz CT molecular complexity index is 464. The molecule has 1 aromatic rings. The number of hydrogen-bond donors (Lipinski definition) is 2. The summed E-state index contributed by atoms with van der Waals surface area (Å²) >= 11 is 9.24. The monoisotopic (exact) mass is 348 g/mol. The lowest BCUT2D eigenvalue weighted by molar-refractivity contribution is 0.276. The first kappa shape index (κ1) is 16.1. The Morgan fingerprint density at radius 2 is 2.21 bits per heavy atom. The van der Waals surface area contributed by atoms with Crippen LogP contribution in [0.1, 0.15) is 26.7 Å². The van der Waals surface area contributed by atoms with Crippen LogP contribution in [0.15, 0.2) is 27.8 Å². The van der Waals surface area contributed by atoms with E-state index in [1.807, 2.05) is 19.9 Å². The molecular weight excluding hydrogens is 332 g/mol. The fourth-order valence-corrected chi connectivity index (χ4v) is 2.35. The van der Waals surface area contributed by atoms with Crippen LogP contribution >= 0.6 is 27.5 Å². The van der Waals surface area contributed by atoms with Crippen molar-refractivity contribution >= 4 is 33.4 Å². The third kappa shape index (κ3) is 4.91. The summed E-state index contributed by atoms with van der Waals surface area (Å²) < 4.78 is 6.48. The number of rotatable bonds is 6. The van der Waals surface area contributed by atoms with Crippen LogP contribution in [-0.4, -0.2) is 17.6 Å². The number of hydrogen-bond acceptors (Lipinski definition) is 3. The zero-order valence-corrected chi connectivity index (χ0v) is 13.3. The molecule has 3 N–H and O–H groups in total. The Labute approximate surface area is 126 Å². The molecule has 0 aromatic heterocycles. The van der Waals surface area contributed by atoms with Crippen LogP contribution in [0.2, 0.25) is 5.02 Å². The molecule has 1 rings (SSSR count). The lowest BCUT2D eigenvalue weighted by Gasteiger charge is -2.22. The molecule has 0 saturated heterocycles. The highest BCUT2D eigenvalue weighted by atomic mass is 79.9. The van der Waals surface area contributed by atoms with E-state index >= 15 is 0 Å². The summed E-state index contributed by atoms with van der Waals surface area (Å²) in [6, 6.07) is 5.39. The van der Waals surface area contributed by atoms with Crippen molar-refractivity contribution in [2.75, 3.05) is 6.61 Å². The van der Waals surface area contributed by atoms with Crippen molar-refractivity contribution in [2.45, 2.75) is 26.7 Å². The molecule has 0 atom stereocenters. The first-order valence-electron chi connectivity index (χ1n) is 5.92. The van der Waals surface area contributed by atoms with Crippen LogP contribution in [-0.2, 0) is 0 Å². The lowest BCUT2D eigenvalue weighted by atomic mass is 9.87. The van der Waals surface area contributed by atoms with Crippen LogP contribution in [0, 0.1) is 5.41 Å². The van der Waals surface area contributed by atoms with Crippen molar-refractivity contribution in [2.24, 2.45) is 16.3 Å². The molecule has 0 aliphatic heterocycles. The molecule has 0 fully saturated rings. The summed E-state index contributed by atoms with van der Waals surface area (Å²) in [5.41, 5.74) is 5.28. The van der Waals surface area contributed by atoms with Gasteiger partial charge in [0.2, 0.25) is 0 Å². The predicted molar refractivity (Wildman–Crippen MR) is 81.1 cm³/mol. The van der Waals surface area contributed by atoms with E-state index in [1.54, 1.807) is 12.1 Å². The van der Waals surface area contributed by atoms with Gasteiger partial charge in [-0.2, -0.15) is 0 Å². The zero-order valence-electron chi connectivity index (χ0n) is 11.0. The summed E-state index contributed by atoms with van der Waals surface area (Å²) in [6.07, 6.45) is 1.58. The third-order valence-corrected chi connectivity index (χ3v) is 3.75. The summed E-state index contributed by atoms with van der Waals surface area (Å²) in [5.74, 6) is 0.992. The molecule has 0 amide bonds. The van der Waals surface area contributed by atoms with E-state index in [1.165, 1.54) is 0 Å². The van der Waals surface area contributed by atoms with Gasteiger partial charge in [-0.3, -0.25) is 0 Å². The van der Waals surface area contributed by atoms with Crippen molar-refractivity contribution in [3.05, 3.63) is 27.7 Å². The van der Waals surface area contributed by atoms with Gasteiger partial charge in [-0.1, -0.05) is 30.6 Å². The molecule has 19 heavy (non-hydrogen) atoms. The molecule has 0 bridgehead atoms. The Hall–Kier alpha value is -0.940. The minimum Gasteiger partial charge on any atom is -0.492 e. The molecule has 0 heterocycles. The molecule has 4 nitrogen and oxygen atoms in total. The number of ether oxygens (including phenoxy) is 1. The molecule has 106 valence electrons. The van der Waals surface area contributed by atoms with Gasteiger partial charge in [-0.05, 0) is 47.0 Å². The van der Waals surface area contributed by atoms with Crippen LogP contribution in [0.25, 0.3) is 0 Å². The van der Waals surface area contributed by atoms with Crippen molar-refractivity contribution in [3.8, 4) is 5.75 Å². The quantitative estimate of drug-likeness (QED) is 0.268. The van der Waals surface area contributed by atoms with Gasteiger partial charge in [-0.15, -0.1) is 0 Å². The Morgan fingerprint density at radius 3 is 2.79 bits per heavy atom. The highest BCUT2D eigenvalue weighted by Gasteiger charge is 2.22. The Kier molecular flexibility index (Phi) is 5.94. The van der Waals surface area contributed by atoms with E-state index in [-0.39, 0.29) is 11.3 Å². The fourth-order valence-electron chi connectivity index (χ4n) is 1.55. The second-order valence-corrected chi connectivity index (χ2v) is 6.19. The zero-order chi connectivity index (χ0) is 14.5. The highest BCUT2D eigenvalue weighted by molar-refractivity contribution is 9.10. The SMILES string of the molecule is CC(C)(CCCOc1ccc(Cl)cc1Br)C(N)=NO. The maximum atomic E-state index is 8.68. The van der Waals surface area contributed by atoms with E-state index in [9.17, 15) is 0 Å². The smallest absolute Gasteiger partial charge is 0.144 e. The molecule has 0 spiro atoms. The summed E-state index contributed by atoms with van der Waals surface area (Å²) in [4.78, 5) is 0. The first-order valence-corrected chi connectivity index (χ1v) is 7.10. The van der Waals surface area contributed by atoms with E-state index in [0.29, 0.717) is 11.6 Å². The molecule has 0 aliphatic rings. The molecule has 0 aliphatic carbocycles. The van der Waals surface area contributed by atoms with Crippen molar-refractivity contribution < 1.29 is 9.94 Å². The van der Waals surface area contributed by atoms with Gasteiger partial charge >= 0.3 is 0 Å². The standard InChI is InChI=1S/C13H18BrClN2O2/c1-13(2,12(16)17-18)6-3-7-19-11-5-4-9(15)8-10(11)14/h4-5,8,18H,3,6-7H2,1-2H3,(H2,16,17). The van der Waals surface area contributed by atoms with Crippen molar-refractivity contribution in [1.29, 1.82) is 0 Å². The van der Waals surface area contributed by atoms with E-state index in [2.05, 4.69) is 21.1 Å². The number of halogens is 2. The number of oxime groups is 1. The Morgan fingerprint density at radius 1 is 1.53 bits per heavy atom. The molecule has 1 aromatic carbocycles. The summed E-state index contributed by atoms with van der Waals surface area (Å²) in [6.45, 7) is 4.42. The first-order chi connectivity index (χ1) is 8.86. The molecule has 0 saturated carbocycles. The van der Waals surface area contributed by atoms with E-state index in [0.717, 1.165) is 23.1 Å². The third-order valence-electron chi connectivity index (χ3n) is 2.90. The predicted octanol–water partition coefficient (Wildman–Crippen LogP) is 4.03. The van der Waals surface area contributed by atoms with Gasteiger partial charge in [-0.25, -0.2) is 0 Å². The number of amidine groups is 1. The largest absolute Gasteiger partial charge is 0.492 e.